The zero-order chi connectivity index (χ0) is 0. The van der Waals surface area contributed by atoms with Crippen molar-refractivity contribution in [3.05, 3.63) is 0 Å². The summed E-state index contributed by atoms with van der Waals surface area (Å²) >= 11 is 0. The third kappa shape index (κ3) is 8.82. The molecule has 4 heavy (non-hydrogen) atoms. The SMILES string of the molecule is [B].[Ca].[Mg].[Mn]. The normalized spacial score (nSPS) is 0. The van der Waals surface area contributed by atoms with E-state index in [4.69, 9.17) is 0 Å². The second-order valence-corrected chi connectivity index (χ2v) is 0. The van der Waals surface area contributed by atoms with Gasteiger partial charge in [-0.2, -0.15) is 0 Å². The van der Waals surface area contributed by atoms with Crippen molar-refractivity contribution in [1.29, 1.82) is 0 Å². The second-order valence-electron chi connectivity index (χ2n) is 0. The summed E-state index contributed by atoms with van der Waals surface area (Å²) in [6, 6.07) is 0. The molecule has 4 heteroatoms. The molecule has 0 nitrogen and oxygen atoms in total. The summed E-state index contributed by atoms with van der Waals surface area (Å²) in [7, 11) is 0. The fourth-order valence-electron chi connectivity index (χ4n) is 0. The summed E-state index contributed by atoms with van der Waals surface area (Å²) in [4.78, 5) is 0. The largest absolute Gasteiger partial charge is 0 e. The molecule has 0 amide bonds. The average molecular weight is 130 g/mol. The van der Waals surface area contributed by atoms with E-state index in [-0.39, 0.29) is 86.3 Å². The zero-order valence-electron chi connectivity index (χ0n) is 2.37. The van der Waals surface area contributed by atoms with Gasteiger partial charge < -0.3 is 0 Å². The first-order valence-corrected chi connectivity index (χ1v) is 0. The molecule has 0 aromatic rings. The Morgan fingerprint density at radius 3 is 1.00 bits per heavy atom. The van der Waals surface area contributed by atoms with Crippen LogP contribution in [0.1, 0.15) is 0 Å². The quantitative estimate of drug-likeness (QED) is 0.363. The molecule has 0 heterocycles. The fraction of sp³-hybridized carbons (Fsp3) is 0. The minimum Gasteiger partial charge on any atom is 0 e. The van der Waals surface area contributed by atoms with Gasteiger partial charge in [0.2, 0.25) is 0 Å². The molecule has 0 rings (SSSR count). The minimum atomic E-state index is 0. The fourth-order valence-corrected chi connectivity index (χ4v) is 0. The summed E-state index contributed by atoms with van der Waals surface area (Å²) in [5.74, 6) is 0. The number of hydrogen-bond acceptors (Lipinski definition) is 0. The predicted octanol–water partition coefficient (Wildman–Crippen LogP) is -1.14. The van der Waals surface area contributed by atoms with Crippen molar-refractivity contribution in [3.8, 4) is 0 Å². The first-order chi connectivity index (χ1) is 0. The molecule has 0 aliphatic carbocycles. The van der Waals surface area contributed by atoms with Gasteiger partial charge in [0.25, 0.3) is 0 Å². The van der Waals surface area contributed by atoms with Crippen LogP contribution in [0.3, 0.4) is 0 Å². The van der Waals surface area contributed by atoms with E-state index in [0.717, 1.165) is 0 Å². The van der Waals surface area contributed by atoms with E-state index in [9.17, 15) is 0 Å². The van der Waals surface area contributed by atoms with Gasteiger partial charge in [0, 0.05) is 86.3 Å². The Morgan fingerprint density at radius 2 is 1.00 bits per heavy atom. The molecule has 0 saturated heterocycles. The molecular formula is BCaMgMn. The smallest absolute Gasteiger partial charge is 0 e. The van der Waals surface area contributed by atoms with Gasteiger partial charge in [-0.05, 0) is 0 Å². The molecule has 0 aliphatic heterocycles. The van der Waals surface area contributed by atoms with Gasteiger partial charge in [-0.3, -0.25) is 0 Å². The first kappa shape index (κ1) is 30.5. The van der Waals surface area contributed by atoms with Gasteiger partial charge in [0.05, 0.1) is 0 Å². The van der Waals surface area contributed by atoms with E-state index in [1.807, 2.05) is 0 Å². The average Bonchev–Trinajstić information content (AvgIpc) is 0. The zero-order valence-corrected chi connectivity index (χ0v) is 7.17. The van der Waals surface area contributed by atoms with Crippen molar-refractivity contribution in [2.24, 2.45) is 0 Å². The van der Waals surface area contributed by atoms with Crippen molar-refractivity contribution >= 4 is 69.2 Å². The molecule has 0 N–H and O–H groups in total. The Bertz CT molecular complexity index is 8.00. The topological polar surface area (TPSA) is 0 Å². The predicted molar refractivity (Wildman–Crippen MR) is 17.3 cm³/mol. The van der Waals surface area contributed by atoms with Gasteiger partial charge in [0.15, 0.2) is 0 Å². The molecule has 0 saturated carbocycles. The summed E-state index contributed by atoms with van der Waals surface area (Å²) in [5, 5.41) is 0. The van der Waals surface area contributed by atoms with Gasteiger partial charge in [-0.1, -0.05) is 0 Å². The standard InChI is InChI=1S/B.Ca.Mg.Mn. The van der Waals surface area contributed by atoms with Crippen LogP contribution in [-0.4, -0.2) is 69.2 Å². The molecule has 0 aromatic carbocycles. The van der Waals surface area contributed by atoms with E-state index in [2.05, 4.69) is 0 Å². The van der Waals surface area contributed by atoms with Gasteiger partial charge in [-0.25, -0.2) is 0 Å². The summed E-state index contributed by atoms with van der Waals surface area (Å²) in [5.41, 5.74) is 0. The van der Waals surface area contributed by atoms with E-state index < -0.39 is 0 Å². The summed E-state index contributed by atoms with van der Waals surface area (Å²) in [6.45, 7) is 0. The first-order valence-electron chi connectivity index (χ1n) is 0. The molecule has 0 aliphatic rings. The molecule has 0 spiro atoms. The molecule has 0 unspecified atom stereocenters. The van der Waals surface area contributed by atoms with Crippen molar-refractivity contribution in [2.45, 2.75) is 0 Å². The number of rotatable bonds is 0. The Labute approximate surface area is 84.7 Å². The van der Waals surface area contributed by atoms with E-state index in [1.165, 1.54) is 0 Å². The van der Waals surface area contributed by atoms with Crippen LogP contribution in [0, 0.1) is 0 Å². The number of hydrogen-bond donors (Lipinski definition) is 0. The van der Waals surface area contributed by atoms with Crippen molar-refractivity contribution in [3.63, 3.8) is 0 Å². The van der Waals surface area contributed by atoms with E-state index in [0.29, 0.717) is 0 Å². The Hall–Kier alpha value is 2.61. The van der Waals surface area contributed by atoms with Crippen LogP contribution in [-0.2, 0) is 17.1 Å². The monoisotopic (exact) mass is 130 g/mol. The van der Waals surface area contributed by atoms with Crippen LogP contribution in [0.15, 0.2) is 0 Å². The van der Waals surface area contributed by atoms with E-state index >= 15 is 0 Å². The van der Waals surface area contributed by atoms with Crippen molar-refractivity contribution in [2.75, 3.05) is 0 Å². The van der Waals surface area contributed by atoms with Crippen LogP contribution < -0.4 is 0 Å². The maximum absolute atomic E-state index is 0. The van der Waals surface area contributed by atoms with Crippen LogP contribution in [0.2, 0.25) is 0 Å². The molecule has 0 atom stereocenters. The van der Waals surface area contributed by atoms with Gasteiger partial charge in [0.1, 0.15) is 0 Å². The third-order valence-corrected chi connectivity index (χ3v) is 0. The van der Waals surface area contributed by atoms with Crippen LogP contribution in [0.5, 0.6) is 0 Å². The Morgan fingerprint density at radius 1 is 1.00 bits per heavy atom. The van der Waals surface area contributed by atoms with Gasteiger partial charge >= 0.3 is 0 Å². The van der Waals surface area contributed by atoms with Crippen molar-refractivity contribution < 1.29 is 17.1 Å². The Kier molecular flexibility index (Phi) is 134. The summed E-state index contributed by atoms with van der Waals surface area (Å²) in [6.07, 6.45) is 0. The molecule has 0 aromatic heterocycles. The molecule has 0 fully saturated rings. The Balaban J connectivity index is 0. The maximum atomic E-state index is 0. The molecule has 8 radical (unpaired) electrons. The third-order valence-electron chi connectivity index (χ3n) is 0. The van der Waals surface area contributed by atoms with Crippen LogP contribution in [0.25, 0.3) is 0 Å². The van der Waals surface area contributed by atoms with Gasteiger partial charge in [-0.15, -0.1) is 0 Å². The van der Waals surface area contributed by atoms with E-state index in [1.54, 1.807) is 0 Å². The van der Waals surface area contributed by atoms with Crippen molar-refractivity contribution in [1.82, 2.24) is 0 Å². The molecule has 14 valence electrons. The minimum absolute atomic E-state index is 0. The summed E-state index contributed by atoms with van der Waals surface area (Å²) < 4.78 is 0. The van der Waals surface area contributed by atoms with Crippen LogP contribution in [0.4, 0.5) is 0 Å². The second kappa shape index (κ2) is 17.5. The molecular weight excluding hydrogens is 130 g/mol. The maximum Gasteiger partial charge on any atom is 0 e. The molecule has 0 bridgehead atoms. The van der Waals surface area contributed by atoms with Crippen LogP contribution >= 0.6 is 0 Å².